The maximum atomic E-state index is 10.4. The predicted molar refractivity (Wildman–Crippen MR) is 68.2 cm³/mol. The Labute approximate surface area is 110 Å². The lowest BCUT2D eigenvalue weighted by Gasteiger charge is -1.92. The van der Waals surface area contributed by atoms with Crippen LogP contribution in [0.2, 0.25) is 0 Å². The van der Waals surface area contributed by atoms with Gasteiger partial charge in [-0.3, -0.25) is 0 Å². The Balaban J connectivity index is 0. The van der Waals surface area contributed by atoms with Crippen LogP contribution in [-0.4, -0.2) is 22.2 Å². The van der Waals surface area contributed by atoms with Crippen LogP contribution < -0.4 is 0 Å². The maximum Gasteiger partial charge on any atom is 0.331 e. The van der Waals surface area contributed by atoms with E-state index in [4.69, 9.17) is 33.4 Å². The molecule has 0 aromatic heterocycles. The molecule has 0 radical (unpaired) electrons. The average Bonchev–Trinajstić information content (AvgIpc) is 2.18. The molecule has 4 nitrogen and oxygen atoms in total. The molecule has 2 N–H and O–H groups in total. The monoisotopic (exact) mass is 280 g/mol. The first kappa shape index (κ1) is 18.1. The minimum atomic E-state index is -0.946. The van der Waals surface area contributed by atoms with E-state index in [0.717, 1.165) is 0 Å². The number of allylic oxidation sites excluding steroid dienone is 2. The van der Waals surface area contributed by atoms with Crippen LogP contribution in [-0.2, 0) is 9.59 Å². The molecule has 0 saturated heterocycles. The van der Waals surface area contributed by atoms with Crippen LogP contribution in [0.5, 0.6) is 0 Å². The second-order valence-electron chi connectivity index (χ2n) is 2.89. The maximum absolute atomic E-state index is 10.4. The molecule has 0 saturated carbocycles. The molecule has 0 heterocycles. The fourth-order valence-corrected chi connectivity index (χ4v) is 0.630. The number of carboxylic acids is 2. The first-order valence-corrected chi connectivity index (χ1v) is 5.31. The van der Waals surface area contributed by atoms with Crippen molar-refractivity contribution in [3.8, 4) is 0 Å². The molecule has 0 aromatic carbocycles. The number of hydrogen-bond acceptors (Lipinski definition) is 2. The van der Waals surface area contributed by atoms with Crippen LogP contribution in [0, 0.1) is 0 Å². The third-order valence-electron chi connectivity index (χ3n) is 1.43. The van der Waals surface area contributed by atoms with Gasteiger partial charge in [0.25, 0.3) is 0 Å². The summed E-state index contributed by atoms with van der Waals surface area (Å²) >= 11 is 10.5. The first-order valence-electron chi connectivity index (χ1n) is 4.56. The summed E-state index contributed by atoms with van der Waals surface area (Å²) in [5, 5.41) is 16.4. The van der Waals surface area contributed by atoms with E-state index >= 15 is 0 Å². The quantitative estimate of drug-likeness (QED) is 0.612. The van der Waals surface area contributed by atoms with E-state index in [0.29, 0.717) is 6.42 Å². The van der Waals surface area contributed by atoms with Gasteiger partial charge >= 0.3 is 11.9 Å². The lowest BCUT2D eigenvalue weighted by Crippen LogP contribution is -1.97. The molecule has 0 aromatic rings. The second-order valence-corrected chi connectivity index (χ2v) is 3.90. The average molecular weight is 281 g/mol. The zero-order valence-corrected chi connectivity index (χ0v) is 11.0. The third kappa shape index (κ3) is 12.7. The Morgan fingerprint density at radius 3 is 1.76 bits per heavy atom. The van der Waals surface area contributed by atoms with Crippen molar-refractivity contribution < 1.29 is 19.8 Å². The van der Waals surface area contributed by atoms with Crippen LogP contribution in [0.25, 0.3) is 0 Å². The van der Waals surface area contributed by atoms with Crippen molar-refractivity contribution in [3.05, 3.63) is 34.4 Å². The largest absolute Gasteiger partial charge is 0.478 e. The first-order chi connectivity index (χ1) is 7.72. The summed E-state index contributed by atoms with van der Waals surface area (Å²) in [6, 6.07) is 0. The highest BCUT2D eigenvalue weighted by atomic mass is 35.5. The number of halogens is 2. The van der Waals surface area contributed by atoms with Gasteiger partial charge in [-0.1, -0.05) is 36.7 Å². The van der Waals surface area contributed by atoms with E-state index in [9.17, 15) is 9.59 Å². The molecule has 0 aliphatic carbocycles. The normalized spacial score (nSPS) is 9.76. The summed E-state index contributed by atoms with van der Waals surface area (Å²) in [5.41, 5.74) is 0.457. The highest BCUT2D eigenvalue weighted by Gasteiger charge is 2.01. The Kier molecular flexibility index (Phi) is 10.6. The van der Waals surface area contributed by atoms with Crippen LogP contribution in [0.15, 0.2) is 34.4 Å². The van der Waals surface area contributed by atoms with Crippen molar-refractivity contribution in [1.29, 1.82) is 0 Å². The van der Waals surface area contributed by atoms with Crippen molar-refractivity contribution in [2.45, 2.75) is 20.3 Å². The SMILES string of the molecule is C=C(C)C(=O)O.CCC(=CC=C(Cl)Cl)C(=O)O. The topological polar surface area (TPSA) is 74.6 Å². The molecule has 0 bridgehead atoms. The molecule has 0 amide bonds. The molecule has 0 unspecified atom stereocenters. The smallest absolute Gasteiger partial charge is 0.331 e. The van der Waals surface area contributed by atoms with E-state index in [1.807, 2.05) is 0 Å². The molecular formula is C11H14Cl2O4. The van der Waals surface area contributed by atoms with Gasteiger partial charge in [0.05, 0.1) is 0 Å². The molecule has 0 atom stereocenters. The second kappa shape index (κ2) is 9.93. The van der Waals surface area contributed by atoms with E-state index in [-0.39, 0.29) is 15.6 Å². The Morgan fingerprint density at radius 2 is 1.59 bits per heavy atom. The Bertz CT molecular complexity index is 340. The van der Waals surface area contributed by atoms with Gasteiger partial charge in [0.2, 0.25) is 0 Å². The predicted octanol–water partition coefficient (Wildman–Crippen LogP) is 3.37. The fourth-order valence-electron chi connectivity index (χ4n) is 0.504. The Morgan fingerprint density at radius 1 is 1.18 bits per heavy atom. The minimum Gasteiger partial charge on any atom is -0.478 e. The zero-order valence-electron chi connectivity index (χ0n) is 9.54. The van der Waals surface area contributed by atoms with Gasteiger partial charge in [-0.05, 0) is 25.5 Å². The highest BCUT2D eigenvalue weighted by molar-refractivity contribution is 6.56. The van der Waals surface area contributed by atoms with Gasteiger partial charge in [0, 0.05) is 11.1 Å². The molecular weight excluding hydrogens is 267 g/mol. The van der Waals surface area contributed by atoms with Crippen molar-refractivity contribution >= 4 is 35.1 Å². The number of aliphatic carboxylic acids is 2. The summed E-state index contributed by atoms with van der Waals surface area (Å²) in [4.78, 5) is 20.0. The highest BCUT2D eigenvalue weighted by Crippen LogP contribution is 2.08. The molecule has 0 fully saturated rings. The van der Waals surface area contributed by atoms with Crippen molar-refractivity contribution in [2.75, 3.05) is 0 Å². The van der Waals surface area contributed by atoms with Gasteiger partial charge in [0.1, 0.15) is 4.49 Å². The fraction of sp³-hybridized carbons (Fsp3) is 0.273. The lowest BCUT2D eigenvalue weighted by atomic mass is 10.2. The van der Waals surface area contributed by atoms with Gasteiger partial charge in [0.15, 0.2) is 0 Å². The molecule has 0 rings (SSSR count). The number of carbonyl (C=O) groups is 2. The van der Waals surface area contributed by atoms with E-state index < -0.39 is 11.9 Å². The minimum absolute atomic E-state index is 0.0530. The summed E-state index contributed by atoms with van der Waals surface area (Å²) in [6.07, 6.45) is 3.18. The molecule has 0 spiro atoms. The lowest BCUT2D eigenvalue weighted by molar-refractivity contribution is -0.133. The van der Waals surface area contributed by atoms with Crippen LogP contribution in [0.1, 0.15) is 20.3 Å². The van der Waals surface area contributed by atoms with Crippen molar-refractivity contribution in [2.24, 2.45) is 0 Å². The Hall–Kier alpha value is -1.26. The van der Waals surface area contributed by atoms with Gasteiger partial charge in [-0.25, -0.2) is 9.59 Å². The number of carboxylic acid groups (broad SMARTS) is 2. The van der Waals surface area contributed by atoms with Crippen LogP contribution in [0.3, 0.4) is 0 Å². The van der Waals surface area contributed by atoms with E-state index in [1.54, 1.807) is 6.92 Å². The number of rotatable bonds is 4. The van der Waals surface area contributed by atoms with Gasteiger partial charge < -0.3 is 10.2 Å². The standard InChI is InChI=1S/C7H8Cl2O2.C4H6O2/c1-2-5(7(10)11)3-4-6(8)9;1-3(2)4(5)6/h3-4H,2H2,1H3,(H,10,11);1H2,2H3,(H,5,6). The summed E-state index contributed by atoms with van der Waals surface area (Å²) in [6.45, 7) is 6.35. The molecule has 17 heavy (non-hydrogen) atoms. The van der Waals surface area contributed by atoms with Gasteiger partial charge in [-0.2, -0.15) is 0 Å². The molecule has 96 valence electrons. The zero-order chi connectivity index (χ0) is 14.0. The summed E-state index contributed by atoms with van der Waals surface area (Å²) < 4.78 is 0.0530. The summed E-state index contributed by atoms with van der Waals surface area (Å²) in [5.74, 6) is -1.88. The van der Waals surface area contributed by atoms with E-state index in [1.165, 1.54) is 19.1 Å². The summed E-state index contributed by atoms with van der Waals surface area (Å²) in [7, 11) is 0. The van der Waals surface area contributed by atoms with Crippen LogP contribution in [0.4, 0.5) is 0 Å². The van der Waals surface area contributed by atoms with Crippen LogP contribution >= 0.6 is 23.2 Å². The molecule has 6 heteroatoms. The third-order valence-corrected chi connectivity index (χ3v) is 1.68. The van der Waals surface area contributed by atoms with E-state index in [2.05, 4.69) is 6.58 Å². The van der Waals surface area contributed by atoms with Crippen molar-refractivity contribution in [1.82, 2.24) is 0 Å². The van der Waals surface area contributed by atoms with Gasteiger partial charge in [-0.15, -0.1) is 0 Å². The molecule has 0 aliphatic heterocycles. The number of hydrogen-bond donors (Lipinski definition) is 2. The molecule has 0 aliphatic rings. The van der Waals surface area contributed by atoms with Crippen molar-refractivity contribution in [3.63, 3.8) is 0 Å².